The van der Waals surface area contributed by atoms with Crippen LogP contribution in [0.15, 0.2) is 85.1 Å². The van der Waals surface area contributed by atoms with Gasteiger partial charge in [-0.15, -0.1) is 0 Å². The third-order valence-corrected chi connectivity index (χ3v) is 12.2. The summed E-state index contributed by atoms with van der Waals surface area (Å²) in [5.41, 5.74) is 20.6. The second-order valence-electron chi connectivity index (χ2n) is 14.3. The Balaban J connectivity index is 1.52. The number of fused-ring (bicyclic) bond motifs is 1. The molecule has 1 aliphatic heterocycles. The van der Waals surface area contributed by atoms with E-state index in [0.717, 1.165) is 32.8 Å². The number of aromatic hydroxyl groups is 1. The number of unbranched alkanes of at least 4 members (excludes halogenated alkanes) is 1. The van der Waals surface area contributed by atoms with E-state index in [2.05, 4.69) is 31.6 Å². The maximum absolute atomic E-state index is 14.4. The van der Waals surface area contributed by atoms with Gasteiger partial charge in [-0.2, -0.15) is 0 Å². The minimum absolute atomic E-state index is 0.00214. The van der Waals surface area contributed by atoms with Crippen LogP contribution in [0, 0.1) is 0 Å². The fraction of sp³-hybridized carbons (Fsp3) is 0.366. The van der Waals surface area contributed by atoms with E-state index in [4.69, 9.17) is 17.2 Å². The number of benzene rings is 3. The molecule has 1 saturated heterocycles. The average Bonchev–Trinajstić information content (AvgIpc) is 3.63. The van der Waals surface area contributed by atoms with Crippen LogP contribution in [0.25, 0.3) is 10.9 Å². The lowest BCUT2D eigenvalue weighted by Crippen LogP contribution is -2.60. The molecule has 0 aliphatic carbocycles. The highest BCUT2D eigenvalue weighted by atomic mass is 33.1. The number of amides is 6. The Bertz CT molecular complexity index is 2070. The monoisotopic (exact) mass is 845 g/mol. The minimum atomic E-state index is -1.25. The third-order valence-electron chi connectivity index (χ3n) is 9.80. The summed E-state index contributed by atoms with van der Waals surface area (Å²) in [5.74, 6) is -4.10. The van der Waals surface area contributed by atoms with Gasteiger partial charge < -0.3 is 53.9 Å². The smallest absolute Gasteiger partial charge is 0.243 e. The van der Waals surface area contributed by atoms with E-state index in [0.29, 0.717) is 24.9 Å². The molecule has 0 radical (unpaired) electrons. The Kier molecular flexibility index (Phi) is 16.6. The summed E-state index contributed by atoms with van der Waals surface area (Å²) in [6.45, 7) is 0.330. The number of carbonyl (C=O) groups is 6. The van der Waals surface area contributed by atoms with Crippen molar-refractivity contribution in [3.8, 4) is 5.75 Å². The molecule has 18 heteroatoms. The van der Waals surface area contributed by atoms with Gasteiger partial charge in [0.05, 0.1) is 6.04 Å². The highest BCUT2D eigenvalue weighted by Gasteiger charge is 2.34. The second kappa shape index (κ2) is 22.0. The van der Waals surface area contributed by atoms with E-state index >= 15 is 0 Å². The number of phenols is 1. The number of aromatic amines is 1. The third kappa shape index (κ3) is 13.2. The largest absolute Gasteiger partial charge is 0.508 e. The molecule has 1 fully saturated rings. The lowest BCUT2D eigenvalue weighted by molar-refractivity contribution is -0.135. The summed E-state index contributed by atoms with van der Waals surface area (Å²) in [7, 11) is 2.33. The van der Waals surface area contributed by atoms with Gasteiger partial charge in [0.1, 0.15) is 36.0 Å². The van der Waals surface area contributed by atoms with Crippen LogP contribution in [0.3, 0.4) is 0 Å². The van der Waals surface area contributed by atoms with Crippen LogP contribution in [-0.2, 0) is 48.0 Å². The first-order valence-electron chi connectivity index (χ1n) is 19.3. The molecule has 314 valence electrons. The Morgan fingerprint density at radius 1 is 0.644 bits per heavy atom. The number of carbonyl (C=O) groups excluding carboxylic acids is 6. The molecule has 0 unspecified atom stereocenters. The van der Waals surface area contributed by atoms with E-state index < -0.39 is 71.7 Å². The molecule has 16 nitrogen and oxygen atoms in total. The zero-order valence-electron chi connectivity index (χ0n) is 32.4. The first-order valence-corrected chi connectivity index (χ1v) is 21.8. The van der Waals surface area contributed by atoms with Gasteiger partial charge in [-0.1, -0.05) is 82.3 Å². The minimum Gasteiger partial charge on any atom is -0.508 e. The molecular formula is C41H51N9O7S2. The summed E-state index contributed by atoms with van der Waals surface area (Å²) in [6, 6.07) is 15.5. The number of H-pyrrole nitrogens is 1. The Labute approximate surface area is 349 Å². The first kappa shape index (κ1) is 44.5. The number of phenolic OH excluding ortho intramolecular Hbond substituents is 1. The van der Waals surface area contributed by atoms with E-state index in [1.165, 1.54) is 22.9 Å². The van der Waals surface area contributed by atoms with Gasteiger partial charge in [-0.05, 0) is 60.7 Å². The van der Waals surface area contributed by atoms with Crippen LogP contribution < -0.4 is 43.8 Å². The summed E-state index contributed by atoms with van der Waals surface area (Å²) >= 11 is 0. The summed E-state index contributed by atoms with van der Waals surface area (Å²) in [4.78, 5) is 86.0. The van der Waals surface area contributed by atoms with Crippen molar-refractivity contribution < 1.29 is 33.9 Å². The maximum Gasteiger partial charge on any atom is 0.243 e. The summed E-state index contributed by atoms with van der Waals surface area (Å²) in [6.07, 6.45) is 2.91. The molecule has 13 N–H and O–H groups in total. The van der Waals surface area contributed by atoms with Crippen molar-refractivity contribution in [2.24, 2.45) is 17.2 Å². The molecule has 6 amide bonds. The van der Waals surface area contributed by atoms with Crippen molar-refractivity contribution >= 4 is 67.9 Å². The van der Waals surface area contributed by atoms with Crippen molar-refractivity contribution in [1.29, 1.82) is 0 Å². The second-order valence-corrected chi connectivity index (χ2v) is 16.8. The topological polar surface area (TPSA) is 277 Å². The number of nitrogens with two attached hydrogens (primary N) is 3. The van der Waals surface area contributed by atoms with Gasteiger partial charge >= 0.3 is 0 Å². The first-order chi connectivity index (χ1) is 28.4. The fourth-order valence-corrected chi connectivity index (χ4v) is 8.80. The molecule has 1 aromatic heterocycles. The molecule has 5 rings (SSSR count). The van der Waals surface area contributed by atoms with Crippen LogP contribution in [0.5, 0.6) is 5.75 Å². The van der Waals surface area contributed by atoms with Crippen LogP contribution in [0.2, 0.25) is 0 Å². The maximum atomic E-state index is 14.4. The zero-order chi connectivity index (χ0) is 42.3. The quantitative estimate of drug-likeness (QED) is 0.0740. The predicted molar refractivity (Wildman–Crippen MR) is 229 cm³/mol. The average molecular weight is 846 g/mol. The molecule has 0 saturated carbocycles. The molecule has 3 aromatic carbocycles. The van der Waals surface area contributed by atoms with E-state index in [1.807, 2.05) is 42.5 Å². The van der Waals surface area contributed by atoms with Gasteiger partial charge in [-0.25, -0.2) is 0 Å². The molecular weight excluding hydrogens is 795 g/mol. The molecule has 1 aliphatic rings. The number of nitrogens with one attached hydrogen (secondary N) is 6. The molecule has 0 bridgehead atoms. The summed E-state index contributed by atoms with van der Waals surface area (Å²) < 4.78 is 0. The van der Waals surface area contributed by atoms with Crippen molar-refractivity contribution in [1.82, 2.24) is 31.6 Å². The van der Waals surface area contributed by atoms with Crippen molar-refractivity contribution in [2.45, 2.75) is 74.8 Å². The highest BCUT2D eigenvalue weighted by Crippen LogP contribution is 2.23. The SMILES string of the molecule is NCCCC[C@@H]1NC(=O)[C@H](Cc2c[nH]c3ccccc23)NC(=O)[C@H](Cc2ccccc2)NC(=O)[C@@H](N)CSSC[C@@H](C(N)=O)NC(=O)[C@H](Cc2ccc(O)cc2)NC1=O. The van der Waals surface area contributed by atoms with Gasteiger partial charge in [0.2, 0.25) is 35.4 Å². The normalized spacial score (nSPS) is 23.0. The van der Waals surface area contributed by atoms with Gasteiger partial charge in [0.15, 0.2) is 0 Å². The fourth-order valence-electron chi connectivity index (χ4n) is 6.50. The lowest BCUT2D eigenvalue weighted by atomic mass is 10.0. The number of hydrogen-bond acceptors (Lipinski definition) is 11. The van der Waals surface area contributed by atoms with Gasteiger partial charge in [-0.3, -0.25) is 28.8 Å². The number of para-hydroxylation sites is 1. The summed E-state index contributed by atoms with van der Waals surface area (Å²) in [5, 5.41) is 24.5. The van der Waals surface area contributed by atoms with Crippen molar-refractivity contribution in [2.75, 3.05) is 18.1 Å². The number of aromatic nitrogens is 1. The standard InChI is InChI=1S/C41H51N9O7S2/c42-17-7-6-12-31-38(54)48-33(19-25-13-15-27(51)16-14-25)40(56)50-35(36(44)52)23-59-58-22-29(43)37(53)47-32(18-24-8-2-1-3-9-24)39(55)49-34(41(57)46-31)20-26-21-45-30-11-5-4-10-28(26)30/h1-5,8-11,13-16,21,29,31-35,45,51H,6-7,12,17-20,22-23,42-43H2,(H2,44,52)(H,46,57)(H,47,53)(H,48,54)(H,49,55)(H,50,56)/t29-,31-,32-,33-,34-,35-/m0/s1. The highest BCUT2D eigenvalue weighted by molar-refractivity contribution is 8.76. The molecule has 4 aromatic rings. The van der Waals surface area contributed by atoms with Gasteiger partial charge in [0.25, 0.3) is 0 Å². The predicted octanol–water partition coefficient (Wildman–Crippen LogP) is 0.662. The molecule has 0 spiro atoms. The molecule has 6 atom stereocenters. The van der Waals surface area contributed by atoms with Crippen LogP contribution in [0.4, 0.5) is 0 Å². The number of hydrogen-bond donors (Lipinski definition) is 10. The number of primary amides is 1. The van der Waals surface area contributed by atoms with Crippen LogP contribution in [-0.4, -0.2) is 99.8 Å². The van der Waals surface area contributed by atoms with E-state index in [1.54, 1.807) is 30.5 Å². The van der Waals surface area contributed by atoms with Crippen LogP contribution >= 0.6 is 21.6 Å². The number of rotatable bonds is 11. The van der Waals surface area contributed by atoms with E-state index in [-0.39, 0.29) is 42.9 Å². The lowest BCUT2D eigenvalue weighted by Gasteiger charge is -2.28. The van der Waals surface area contributed by atoms with Crippen molar-refractivity contribution in [3.63, 3.8) is 0 Å². The zero-order valence-corrected chi connectivity index (χ0v) is 34.0. The van der Waals surface area contributed by atoms with Crippen molar-refractivity contribution in [3.05, 3.63) is 102 Å². The van der Waals surface area contributed by atoms with Crippen LogP contribution in [0.1, 0.15) is 36.0 Å². The Morgan fingerprint density at radius 2 is 1.19 bits per heavy atom. The molecule has 2 heterocycles. The van der Waals surface area contributed by atoms with Gasteiger partial charge in [0, 0.05) is 47.9 Å². The Morgan fingerprint density at radius 3 is 1.85 bits per heavy atom. The van der Waals surface area contributed by atoms with E-state index in [9.17, 15) is 33.9 Å². The Hall–Kier alpha value is -5.56. The molecule has 59 heavy (non-hydrogen) atoms.